The quantitative estimate of drug-likeness (QED) is 0.0690. The SMILES string of the molecule is N=Nc1c2[nH]c3ccccc3nc-2c2ccccc12.Nc1conc1C(=O)N=Nc1c2[nH]c3ccccc3nc-2c2ccccc12.O=C1c2ccccc2-c2nc3ccccc3nc21.O=Nc1c2[nH]c3c(nc-2c2ccccc12)=NCN=3.O=Nc1c2[nH]c3ccccc3nc-2c2ccccc12. The molecule has 21 rings (SSSR count). The summed E-state index contributed by atoms with van der Waals surface area (Å²) in [6, 6.07) is 69.4. The van der Waals surface area contributed by atoms with E-state index in [0.29, 0.717) is 74.4 Å². The molecule has 9 aromatic carbocycles. The molecule has 1 amide bonds. The number of para-hydroxylation sites is 8. The predicted octanol–water partition coefficient (Wildman–Crippen LogP) is 17.1. The van der Waals surface area contributed by atoms with E-state index < -0.39 is 5.91 Å². The number of ketones is 1. The van der Waals surface area contributed by atoms with Crippen molar-refractivity contribution in [2.45, 2.75) is 0 Å². The zero-order valence-electron chi connectivity index (χ0n) is 52.4. The molecule has 2 aromatic heterocycles. The molecule has 0 fully saturated rings. The van der Waals surface area contributed by atoms with Gasteiger partial charge in [0.05, 0.1) is 89.7 Å². The molecule has 0 bridgehead atoms. The summed E-state index contributed by atoms with van der Waals surface area (Å²) in [5.74, 6) is -0.702. The van der Waals surface area contributed by atoms with Crippen molar-refractivity contribution >= 4 is 127 Å². The molecule has 0 atom stereocenters. The van der Waals surface area contributed by atoms with E-state index in [4.69, 9.17) is 21.2 Å². The fourth-order valence-electron chi connectivity index (χ4n) is 12.9. The van der Waals surface area contributed by atoms with Crippen molar-refractivity contribution in [2.75, 3.05) is 12.4 Å². The zero-order chi connectivity index (χ0) is 68.2. The van der Waals surface area contributed by atoms with Crippen LogP contribution in [0.2, 0.25) is 0 Å². The van der Waals surface area contributed by atoms with E-state index in [1.807, 2.05) is 218 Å². The Kier molecular flexibility index (Phi) is 14.7. The molecular formula is C76H46N20O5. The number of aromatic amines is 4. The Morgan fingerprint density at radius 1 is 0.416 bits per heavy atom. The van der Waals surface area contributed by atoms with Crippen LogP contribution in [0.3, 0.4) is 0 Å². The number of anilines is 1. The number of fused-ring (bicyclic) bond motifs is 20. The van der Waals surface area contributed by atoms with E-state index in [9.17, 15) is 19.4 Å². The summed E-state index contributed by atoms with van der Waals surface area (Å²) in [5.41, 5.74) is 32.1. The molecule has 25 heteroatoms. The number of H-pyrrole nitrogens is 4. The van der Waals surface area contributed by atoms with Crippen molar-refractivity contribution in [1.82, 2.24) is 55.0 Å². The van der Waals surface area contributed by atoms with Gasteiger partial charge in [0.2, 0.25) is 5.78 Å². The number of azo groups is 1. The summed E-state index contributed by atoms with van der Waals surface area (Å²) in [4.78, 5) is 95.6. The number of nitrogens with zero attached hydrogens (tertiary/aromatic N) is 14. The zero-order valence-corrected chi connectivity index (χ0v) is 52.4. The average Bonchev–Trinajstić information content (AvgIpc) is 1.64. The number of carbonyl (C=O) groups is 2. The minimum atomic E-state index is -0.673. The van der Waals surface area contributed by atoms with Crippen molar-refractivity contribution in [3.8, 4) is 56.8 Å². The summed E-state index contributed by atoms with van der Waals surface area (Å²) < 4.78 is 4.68. The maximum atomic E-state index is 12.2. The van der Waals surface area contributed by atoms with Gasteiger partial charge >= 0.3 is 5.91 Å². The Morgan fingerprint density at radius 3 is 1.29 bits per heavy atom. The van der Waals surface area contributed by atoms with E-state index >= 15 is 0 Å². The predicted molar refractivity (Wildman–Crippen MR) is 384 cm³/mol. The van der Waals surface area contributed by atoms with Gasteiger partial charge in [0, 0.05) is 54.2 Å². The van der Waals surface area contributed by atoms with E-state index in [0.717, 1.165) is 121 Å². The molecule has 0 unspecified atom stereocenters. The van der Waals surface area contributed by atoms with Gasteiger partial charge in [-0.25, -0.2) is 45.4 Å². The summed E-state index contributed by atoms with van der Waals surface area (Å²) in [6.07, 6.45) is 1.18. The molecule has 11 aromatic rings. The van der Waals surface area contributed by atoms with Crippen LogP contribution in [0, 0.1) is 15.3 Å². The van der Waals surface area contributed by atoms with E-state index in [2.05, 4.69) is 85.2 Å². The molecule has 5 aliphatic heterocycles. The van der Waals surface area contributed by atoms with E-state index in [-0.39, 0.29) is 17.2 Å². The largest absolute Gasteiger partial charge is 0.394 e. The number of hydrogen-bond acceptors (Lipinski definition) is 20. The molecule has 0 radical (unpaired) electrons. The molecule has 7 heterocycles. The minimum absolute atomic E-state index is 0.0288. The Bertz CT molecular complexity index is 6470. The smallest absolute Gasteiger partial charge is 0.319 e. The Labute approximate surface area is 566 Å². The molecule has 7 N–H and O–H groups in total. The first kappa shape index (κ1) is 60.0. The van der Waals surface area contributed by atoms with Gasteiger partial charge < -0.3 is 30.2 Å². The third-order valence-corrected chi connectivity index (χ3v) is 17.5. The van der Waals surface area contributed by atoms with Crippen LogP contribution in [0.15, 0.2) is 265 Å². The fourth-order valence-corrected chi connectivity index (χ4v) is 12.9. The summed E-state index contributed by atoms with van der Waals surface area (Å²) in [7, 11) is 0. The Hall–Kier alpha value is -14.8. The number of nitroso groups, excluding NO2 is 2. The van der Waals surface area contributed by atoms with Crippen LogP contribution in [0.1, 0.15) is 26.5 Å². The first-order chi connectivity index (χ1) is 49.7. The van der Waals surface area contributed by atoms with Gasteiger partial charge in [0.25, 0.3) is 0 Å². The lowest BCUT2D eigenvalue weighted by atomic mass is 10.1. The van der Waals surface area contributed by atoms with Gasteiger partial charge in [0.15, 0.2) is 16.7 Å². The van der Waals surface area contributed by atoms with Gasteiger partial charge in [-0.1, -0.05) is 175 Å². The molecule has 25 nitrogen and oxygen atoms in total. The molecule has 480 valence electrons. The van der Waals surface area contributed by atoms with Gasteiger partial charge in [-0.3, -0.25) is 9.59 Å². The van der Waals surface area contributed by atoms with Crippen LogP contribution in [0.4, 0.5) is 28.4 Å². The second-order valence-electron chi connectivity index (χ2n) is 23.3. The highest BCUT2D eigenvalue weighted by molar-refractivity contribution is 6.21. The molecule has 101 heavy (non-hydrogen) atoms. The lowest BCUT2D eigenvalue weighted by molar-refractivity contribution is 0.0985. The van der Waals surface area contributed by atoms with Crippen molar-refractivity contribution in [3.63, 3.8) is 0 Å². The third-order valence-electron chi connectivity index (χ3n) is 17.5. The van der Waals surface area contributed by atoms with Crippen molar-refractivity contribution in [2.24, 2.45) is 35.7 Å². The summed E-state index contributed by atoms with van der Waals surface area (Å²) in [6.45, 7) is 0.382. The van der Waals surface area contributed by atoms with Gasteiger partial charge in [-0.2, -0.15) is 5.11 Å². The number of carbonyl (C=O) groups excluding carboxylic acids is 2. The van der Waals surface area contributed by atoms with Crippen LogP contribution < -0.4 is 16.7 Å². The highest BCUT2D eigenvalue weighted by atomic mass is 16.5. The number of aromatic nitrogens is 11. The Balaban J connectivity index is 0.0000000950. The first-order valence-electron chi connectivity index (χ1n) is 31.5. The summed E-state index contributed by atoms with van der Waals surface area (Å²) in [5, 5.41) is 28.8. The highest BCUT2D eigenvalue weighted by Crippen LogP contribution is 2.47. The monoisotopic (exact) mass is 1320 g/mol. The van der Waals surface area contributed by atoms with Crippen molar-refractivity contribution in [3.05, 3.63) is 262 Å². The number of benzene rings is 9. The first-order valence-corrected chi connectivity index (χ1v) is 31.5. The third kappa shape index (κ3) is 10.3. The lowest BCUT2D eigenvalue weighted by Gasteiger charge is -2.04. The summed E-state index contributed by atoms with van der Waals surface area (Å²) >= 11 is 0. The molecule has 10 aliphatic rings. The molecule has 0 spiro atoms. The van der Waals surface area contributed by atoms with Crippen LogP contribution in [-0.2, 0) is 0 Å². The topological polar surface area (TPSA) is 371 Å². The lowest BCUT2D eigenvalue weighted by Crippen LogP contribution is -2.30. The number of rotatable bonds is 5. The molecular weight excluding hydrogens is 1270 g/mol. The second-order valence-corrected chi connectivity index (χ2v) is 23.3. The second kappa shape index (κ2) is 24.8. The number of nitrogens with two attached hydrogens (primary N) is 1. The fraction of sp³-hybridized carbons (Fsp3) is 0.0132. The maximum absolute atomic E-state index is 12.2. The van der Waals surface area contributed by atoms with Crippen molar-refractivity contribution < 1.29 is 14.1 Å². The van der Waals surface area contributed by atoms with Gasteiger partial charge in [-0.05, 0) is 58.9 Å². The van der Waals surface area contributed by atoms with Crippen molar-refractivity contribution in [1.29, 1.82) is 5.53 Å². The van der Waals surface area contributed by atoms with Gasteiger partial charge in [-0.15, -0.1) is 20.0 Å². The van der Waals surface area contributed by atoms with Crippen LogP contribution in [0.25, 0.3) is 144 Å². The maximum Gasteiger partial charge on any atom is 0.319 e. The molecule has 5 aliphatic carbocycles. The molecule has 0 saturated heterocycles. The van der Waals surface area contributed by atoms with Gasteiger partial charge in [0.1, 0.15) is 52.8 Å². The van der Waals surface area contributed by atoms with Crippen LogP contribution in [0.5, 0.6) is 0 Å². The normalized spacial score (nSPS) is 12.1. The number of hydrogen-bond donors (Lipinski definition) is 6. The highest BCUT2D eigenvalue weighted by Gasteiger charge is 2.30. The standard InChI is InChI=1S/C19H12N6O2.C15H10N4.C15H9N3O.C15H8N2O.C12H7N5O/c20-12-9-27-25-17(12)19(26)24-23-16-11-6-2-1-5-10(11)15-18(16)22-14-8-4-3-7-13(14)21-15;16-19-14-10-6-2-1-5-9(10)13-15(14)18-12-8-4-3-7-11(12)17-13;19-18-14-10-6-2-1-5-9(10)13-15(14)17-12-8-4-3-7-11(12)16-13;18-15-10-6-2-1-5-9(10)13-14(15)17-12-8-4-3-7-11(12)16-13;18-17-9-7-4-2-1-3-6(7)8-10(9)16-12-11(15-8)13-5-14-12/h1-9,22H,20H2;1-8,16,18H;1-8,17H;1-8H;1-4H,5H2,(H,14,16). The number of nitrogens with one attached hydrogen (secondary N) is 5. The Morgan fingerprint density at radius 2 is 0.802 bits per heavy atom. The van der Waals surface area contributed by atoms with Crippen LogP contribution in [-0.4, -0.2) is 73.4 Å². The van der Waals surface area contributed by atoms with Crippen LogP contribution >= 0.6 is 0 Å². The van der Waals surface area contributed by atoms with E-state index in [1.165, 1.54) is 6.26 Å². The molecule has 0 saturated carbocycles. The minimum Gasteiger partial charge on any atom is -0.394 e. The number of amides is 1. The average molecular weight is 1320 g/mol. The number of nitrogen functional groups attached to an aromatic ring is 1. The van der Waals surface area contributed by atoms with E-state index in [1.54, 1.807) is 0 Å².